The highest BCUT2D eigenvalue weighted by atomic mass is 16.5. The first-order valence-electron chi connectivity index (χ1n) is 7.02. The van der Waals surface area contributed by atoms with Crippen LogP contribution in [0.25, 0.3) is 0 Å². The number of nitrogen functional groups attached to an aromatic ring is 1. The van der Waals surface area contributed by atoms with Gasteiger partial charge in [-0.15, -0.1) is 0 Å². The standard InChI is InChI=1S/C14H23N3O2/c1-3-16-9-11(15)8-13(16)14(18)17(4-2)10-12-6-5-7-19-12/h8-9,12H,3-7,10,15H2,1-2H3. The SMILES string of the molecule is CCN(CC1CCCO1)C(=O)c1cc(N)cn1CC. The lowest BCUT2D eigenvalue weighted by atomic mass is 10.2. The molecule has 5 heteroatoms. The summed E-state index contributed by atoms with van der Waals surface area (Å²) in [5.41, 5.74) is 7.09. The number of carbonyl (C=O) groups excluding carboxylic acids is 1. The van der Waals surface area contributed by atoms with Crippen LogP contribution in [-0.4, -0.2) is 41.2 Å². The third-order valence-corrected chi connectivity index (χ3v) is 3.59. The van der Waals surface area contributed by atoms with Crippen LogP contribution in [-0.2, 0) is 11.3 Å². The number of nitrogens with zero attached hydrogens (tertiary/aromatic N) is 2. The van der Waals surface area contributed by atoms with Gasteiger partial charge in [0.25, 0.3) is 5.91 Å². The van der Waals surface area contributed by atoms with Crippen molar-refractivity contribution in [3.05, 3.63) is 18.0 Å². The number of amides is 1. The first-order chi connectivity index (χ1) is 9.15. The summed E-state index contributed by atoms with van der Waals surface area (Å²) in [5.74, 6) is 0.0385. The molecule has 1 aromatic rings. The predicted octanol–water partition coefficient (Wildman–Crippen LogP) is 1.73. The predicted molar refractivity (Wildman–Crippen MR) is 75.1 cm³/mol. The van der Waals surface area contributed by atoms with Crippen LogP contribution in [0.1, 0.15) is 37.2 Å². The van der Waals surface area contributed by atoms with Crippen LogP contribution in [0.4, 0.5) is 5.69 Å². The van der Waals surface area contributed by atoms with E-state index in [1.165, 1.54) is 0 Å². The van der Waals surface area contributed by atoms with Crippen LogP contribution < -0.4 is 5.73 Å². The van der Waals surface area contributed by atoms with Gasteiger partial charge in [0.15, 0.2) is 0 Å². The van der Waals surface area contributed by atoms with Gasteiger partial charge in [0.1, 0.15) is 5.69 Å². The van der Waals surface area contributed by atoms with Crippen molar-refractivity contribution < 1.29 is 9.53 Å². The van der Waals surface area contributed by atoms with E-state index in [1.54, 1.807) is 6.07 Å². The maximum absolute atomic E-state index is 12.6. The molecule has 1 amide bonds. The van der Waals surface area contributed by atoms with Gasteiger partial charge in [-0.3, -0.25) is 4.79 Å². The smallest absolute Gasteiger partial charge is 0.270 e. The van der Waals surface area contributed by atoms with E-state index >= 15 is 0 Å². The van der Waals surface area contributed by atoms with Gasteiger partial charge in [-0.25, -0.2) is 0 Å². The van der Waals surface area contributed by atoms with E-state index in [2.05, 4.69) is 0 Å². The van der Waals surface area contributed by atoms with Gasteiger partial charge in [0, 0.05) is 32.4 Å². The molecule has 0 aliphatic carbocycles. The zero-order chi connectivity index (χ0) is 13.8. The summed E-state index contributed by atoms with van der Waals surface area (Å²) in [5, 5.41) is 0. The van der Waals surface area contributed by atoms with Gasteiger partial charge in [-0.1, -0.05) is 0 Å². The van der Waals surface area contributed by atoms with E-state index < -0.39 is 0 Å². The second-order valence-electron chi connectivity index (χ2n) is 4.92. The number of rotatable bonds is 5. The minimum absolute atomic E-state index is 0.0385. The van der Waals surface area contributed by atoms with E-state index in [9.17, 15) is 4.79 Å². The van der Waals surface area contributed by atoms with E-state index in [0.29, 0.717) is 24.5 Å². The summed E-state index contributed by atoms with van der Waals surface area (Å²) in [4.78, 5) is 14.4. The number of hydrogen-bond donors (Lipinski definition) is 1. The molecule has 2 rings (SSSR count). The molecular formula is C14H23N3O2. The number of ether oxygens (including phenoxy) is 1. The molecule has 1 aliphatic rings. The van der Waals surface area contributed by atoms with Crippen LogP contribution in [0.2, 0.25) is 0 Å². The third-order valence-electron chi connectivity index (χ3n) is 3.59. The lowest BCUT2D eigenvalue weighted by molar-refractivity contribution is 0.0531. The molecule has 1 atom stereocenters. The van der Waals surface area contributed by atoms with Crippen LogP contribution >= 0.6 is 0 Å². The highest BCUT2D eigenvalue weighted by Crippen LogP contribution is 2.17. The molecule has 19 heavy (non-hydrogen) atoms. The Balaban J connectivity index is 2.10. The molecule has 2 heterocycles. The number of nitrogens with two attached hydrogens (primary N) is 1. The minimum atomic E-state index is 0.0385. The first kappa shape index (κ1) is 13.9. The van der Waals surface area contributed by atoms with Crippen molar-refractivity contribution >= 4 is 11.6 Å². The molecule has 0 spiro atoms. The fourth-order valence-electron chi connectivity index (χ4n) is 2.53. The number of anilines is 1. The zero-order valence-electron chi connectivity index (χ0n) is 11.8. The van der Waals surface area contributed by atoms with Crippen molar-refractivity contribution in [1.29, 1.82) is 0 Å². The average molecular weight is 265 g/mol. The van der Waals surface area contributed by atoms with Gasteiger partial charge in [0.2, 0.25) is 0 Å². The van der Waals surface area contributed by atoms with Crippen LogP contribution in [0.5, 0.6) is 0 Å². The van der Waals surface area contributed by atoms with Crippen LogP contribution in [0, 0.1) is 0 Å². The van der Waals surface area contributed by atoms with Crippen molar-refractivity contribution in [3.8, 4) is 0 Å². The van der Waals surface area contributed by atoms with E-state index in [1.807, 2.05) is 29.5 Å². The van der Waals surface area contributed by atoms with Gasteiger partial charge in [0.05, 0.1) is 11.8 Å². The molecule has 2 N–H and O–H groups in total. The maximum Gasteiger partial charge on any atom is 0.270 e. The number of carbonyl (C=O) groups is 1. The van der Waals surface area contributed by atoms with Crippen molar-refractivity contribution in [3.63, 3.8) is 0 Å². The van der Waals surface area contributed by atoms with Crippen LogP contribution in [0.3, 0.4) is 0 Å². The highest BCUT2D eigenvalue weighted by Gasteiger charge is 2.24. The second-order valence-corrected chi connectivity index (χ2v) is 4.92. The first-order valence-corrected chi connectivity index (χ1v) is 7.02. The Hall–Kier alpha value is -1.49. The fraction of sp³-hybridized carbons (Fsp3) is 0.643. The molecular weight excluding hydrogens is 242 g/mol. The van der Waals surface area contributed by atoms with Gasteiger partial charge in [-0.05, 0) is 32.8 Å². The Labute approximate surface area is 114 Å². The van der Waals surface area contributed by atoms with Gasteiger partial charge < -0.3 is 19.9 Å². The summed E-state index contributed by atoms with van der Waals surface area (Å²) in [7, 11) is 0. The summed E-state index contributed by atoms with van der Waals surface area (Å²) in [6.45, 7) is 6.92. The summed E-state index contributed by atoms with van der Waals surface area (Å²) in [6.07, 6.45) is 4.13. The maximum atomic E-state index is 12.6. The number of likely N-dealkylation sites (N-methyl/N-ethyl adjacent to an activating group) is 1. The van der Waals surface area contributed by atoms with E-state index in [-0.39, 0.29) is 12.0 Å². The Morgan fingerprint density at radius 1 is 1.58 bits per heavy atom. The minimum Gasteiger partial charge on any atom is -0.397 e. The normalized spacial score (nSPS) is 18.7. The lowest BCUT2D eigenvalue weighted by Gasteiger charge is -2.24. The molecule has 0 bridgehead atoms. The number of hydrogen-bond acceptors (Lipinski definition) is 3. The molecule has 0 radical (unpaired) electrons. The van der Waals surface area contributed by atoms with E-state index in [0.717, 1.165) is 26.0 Å². The number of aromatic nitrogens is 1. The Morgan fingerprint density at radius 2 is 2.37 bits per heavy atom. The summed E-state index contributed by atoms with van der Waals surface area (Å²) in [6, 6.07) is 1.75. The van der Waals surface area contributed by atoms with Crippen molar-refractivity contribution in [1.82, 2.24) is 9.47 Å². The summed E-state index contributed by atoms with van der Waals surface area (Å²) < 4.78 is 7.51. The Bertz CT molecular complexity index is 436. The molecule has 1 aliphatic heterocycles. The third kappa shape index (κ3) is 3.10. The average Bonchev–Trinajstić information content (AvgIpc) is 3.04. The molecule has 1 fully saturated rings. The Morgan fingerprint density at radius 3 is 2.95 bits per heavy atom. The monoisotopic (exact) mass is 265 g/mol. The molecule has 1 saturated heterocycles. The molecule has 0 saturated carbocycles. The molecule has 1 aromatic heterocycles. The largest absolute Gasteiger partial charge is 0.397 e. The highest BCUT2D eigenvalue weighted by molar-refractivity contribution is 5.93. The van der Waals surface area contributed by atoms with Crippen molar-refractivity contribution in [2.75, 3.05) is 25.4 Å². The summed E-state index contributed by atoms with van der Waals surface area (Å²) >= 11 is 0. The Kier molecular flexibility index (Phi) is 4.47. The molecule has 1 unspecified atom stereocenters. The fourth-order valence-corrected chi connectivity index (χ4v) is 2.53. The topological polar surface area (TPSA) is 60.5 Å². The van der Waals surface area contributed by atoms with Crippen molar-refractivity contribution in [2.24, 2.45) is 0 Å². The van der Waals surface area contributed by atoms with Crippen LogP contribution in [0.15, 0.2) is 12.3 Å². The molecule has 5 nitrogen and oxygen atoms in total. The zero-order valence-corrected chi connectivity index (χ0v) is 11.8. The van der Waals surface area contributed by atoms with Gasteiger partial charge in [-0.2, -0.15) is 0 Å². The van der Waals surface area contributed by atoms with Crippen molar-refractivity contribution in [2.45, 2.75) is 39.3 Å². The lowest BCUT2D eigenvalue weighted by Crippen LogP contribution is -2.38. The molecule has 0 aromatic carbocycles. The van der Waals surface area contributed by atoms with Gasteiger partial charge >= 0.3 is 0 Å². The van der Waals surface area contributed by atoms with E-state index in [4.69, 9.17) is 10.5 Å². The molecule has 106 valence electrons. The number of aryl methyl sites for hydroxylation is 1. The second kappa shape index (κ2) is 6.10. The quantitative estimate of drug-likeness (QED) is 0.882.